The van der Waals surface area contributed by atoms with E-state index in [-0.39, 0.29) is 17.5 Å². The number of benzene rings is 1. The molecular weight excluding hydrogens is 337 g/mol. The van der Waals surface area contributed by atoms with Gasteiger partial charge in [0.25, 0.3) is 0 Å². The number of ether oxygens (including phenoxy) is 2. The zero-order valence-corrected chi connectivity index (χ0v) is 13.7. The van der Waals surface area contributed by atoms with Crippen LogP contribution in [0.4, 0.5) is 4.39 Å². The lowest BCUT2D eigenvalue weighted by Crippen LogP contribution is -2.31. The van der Waals surface area contributed by atoms with Gasteiger partial charge in [-0.1, -0.05) is 6.07 Å². The van der Waals surface area contributed by atoms with E-state index in [1.54, 1.807) is 12.1 Å². The van der Waals surface area contributed by atoms with Crippen LogP contribution in [0.1, 0.15) is 6.42 Å². The second kappa shape index (κ2) is 6.70. The molecule has 1 fully saturated rings. The molecule has 9 heteroatoms. The van der Waals surface area contributed by atoms with Crippen LogP contribution in [0.5, 0.6) is 11.8 Å². The fourth-order valence-corrected chi connectivity index (χ4v) is 3.96. The van der Waals surface area contributed by atoms with Crippen molar-refractivity contribution in [1.29, 1.82) is 0 Å². The quantitative estimate of drug-likeness (QED) is 0.810. The molecule has 0 N–H and O–H groups in total. The first-order valence-corrected chi connectivity index (χ1v) is 8.73. The summed E-state index contributed by atoms with van der Waals surface area (Å²) in [5, 5.41) is 7.65. The van der Waals surface area contributed by atoms with E-state index in [0.717, 1.165) is 6.07 Å². The normalized spacial score (nSPS) is 18.5. The van der Waals surface area contributed by atoms with Crippen molar-refractivity contribution in [3.8, 4) is 11.8 Å². The van der Waals surface area contributed by atoms with Gasteiger partial charge in [-0.05, 0) is 24.6 Å². The number of hydrogen-bond acceptors (Lipinski definition) is 6. The Labute approximate surface area is 139 Å². The Balaban J connectivity index is 1.68. The Hall–Kier alpha value is -2.26. The first-order valence-electron chi connectivity index (χ1n) is 7.29. The number of rotatable bonds is 5. The fraction of sp³-hybridized carbons (Fsp3) is 0.333. The van der Waals surface area contributed by atoms with Crippen molar-refractivity contribution in [3.05, 3.63) is 42.2 Å². The lowest BCUT2D eigenvalue weighted by Gasteiger charge is -2.17. The van der Waals surface area contributed by atoms with Crippen LogP contribution >= 0.6 is 0 Å². The molecule has 0 amide bonds. The highest BCUT2D eigenvalue weighted by atomic mass is 32.2. The van der Waals surface area contributed by atoms with Crippen LogP contribution in [0.15, 0.2) is 41.3 Å². The van der Waals surface area contributed by atoms with Gasteiger partial charge in [0.2, 0.25) is 21.8 Å². The molecule has 1 saturated heterocycles. The third-order valence-corrected chi connectivity index (χ3v) is 5.51. The van der Waals surface area contributed by atoms with Crippen molar-refractivity contribution >= 4 is 10.0 Å². The zero-order chi connectivity index (χ0) is 17.2. The molecule has 7 nitrogen and oxygen atoms in total. The largest absolute Gasteiger partial charge is 0.480 e. The van der Waals surface area contributed by atoms with Gasteiger partial charge in [0.1, 0.15) is 11.9 Å². The third kappa shape index (κ3) is 3.46. The molecule has 2 aromatic rings. The second-order valence-electron chi connectivity index (χ2n) is 5.26. The van der Waals surface area contributed by atoms with Crippen molar-refractivity contribution in [2.24, 2.45) is 0 Å². The zero-order valence-electron chi connectivity index (χ0n) is 12.9. The van der Waals surface area contributed by atoms with E-state index in [0.29, 0.717) is 24.7 Å². The molecule has 0 radical (unpaired) electrons. The van der Waals surface area contributed by atoms with Gasteiger partial charge in [0.05, 0.1) is 18.6 Å². The monoisotopic (exact) mass is 353 g/mol. The van der Waals surface area contributed by atoms with Gasteiger partial charge in [-0.2, -0.15) is 4.31 Å². The van der Waals surface area contributed by atoms with Crippen LogP contribution in [0.2, 0.25) is 0 Å². The highest BCUT2D eigenvalue weighted by Crippen LogP contribution is 2.24. The summed E-state index contributed by atoms with van der Waals surface area (Å²) in [5.41, 5.74) is 0. The summed E-state index contributed by atoms with van der Waals surface area (Å²) in [7, 11) is -2.26. The molecule has 0 saturated carbocycles. The van der Waals surface area contributed by atoms with E-state index < -0.39 is 15.8 Å². The molecule has 128 valence electrons. The molecule has 3 rings (SSSR count). The molecule has 1 aliphatic heterocycles. The smallest absolute Gasteiger partial charge is 0.243 e. The van der Waals surface area contributed by atoms with Gasteiger partial charge in [-0.25, -0.2) is 12.8 Å². The number of hydrogen-bond donors (Lipinski definition) is 0. The molecule has 1 aliphatic rings. The number of halogens is 1. The van der Waals surface area contributed by atoms with Crippen molar-refractivity contribution in [2.45, 2.75) is 17.4 Å². The van der Waals surface area contributed by atoms with Crippen LogP contribution < -0.4 is 9.47 Å². The van der Waals surface area contributed by atoms with E-state index in [4.69, 9.17) is 9.47 Å². The molecule has 1 atom stereocenters. The van der Waals surface area contributed by atoms with Crippen molar-refractivity contribution in [3.63, 3.8) is 0 Å². The fourth-order valence-electron chi connectivity index (χ4n) is 2.44. The van der Waals surface area contributed by atoms with Gasteiger partial charge < -0.3 is 9.47 Å². The number of methoxy groups -OCH3 is 1. The standard InChI is InChI=1S/C15H16FN3O4S/c1-22-14-5-6-15(18-17-14)23-12-7-8-19(10-12)24(20,21)13-4-2-3-11(16)9-13/h2-6,9,12H,7-8,10H2,1H3. The van der Waals surface area contributed by atoms with Crippen LogP contribution in [0.25, 0.3) is 0 Å². The third-order valence-electron chi connectivity index (χ3n) is 3.65. The Bertz CT molecular complexity index is 814. The first kappa shape index (κ1) is 16.6. The van der Waals surface area contributed by atoms with Gasteiger partial charge in [0, 0.05) is 18.7 Å². The maximum Gasteiger partial charge on any atom is 0.243 e. The molecule has 24 heavy (non-hydrogen) atoms. The van der Waals surface area contributed by atoms with Crippen molar-refractivity contribution in [2.75, 3.05) is 20.2 Å². The minimum absolute atomic E-state index is 0.0626. The minimum atomic E-state index is -3.74. The summed E-state index contributed by atoms with van der Waals surface area (Å²) in [4.78, 5) is -0.0626. The number of aromatic nitrogens is 2. The molecule has 1 aromatic heterocycles. The van der Waals surface area contributed by atoms with Gasteiger partial charge >= 0.3 is 0 Å². The van der Waals surface area contributed by atoms with Crippen LogP contribution in [-0.4, -0.2) is 49.2 Å². The first-order chi connectivity index (χ1) is 11.5. The molecule has 0 spiro atoms. The average molecular weight is 353 g/mol. The van der Waals surface area contributed by atoms with E-state index in [1.165, 1.54) is 29.6 Å². The van der Waals surface area contributed by atoms with E-state index >= 15 is 0 Å². The van der Waals surface area contributed by atoms with E-state index in [9.17, 15) is 12.8 Å². The maximum atomic E-state index is 13.3. The molecule has 1 unspecified atom stereocenters. The van der Waals surface area contributed by atoms with E-state index in [2.05, 4.69) is 10.2 Å². The highest BCUT2D eigenvalue weighted by Gasteiger charge is 2.34. The predicted octanol–water partition coefficient (Wildman–Crippen LogP) is 1.47. The molecule has 2 heterocycles. The lowest BCUT2D eigenvalue weighted by atomic mass is 10.3. The SMILES string of the molecule is COc1ccc(OC2CCN(S(=O)(=O)c3cccc(F)c3)C2)nn1. The van der Waals surface area contributed by atoms with Crippen LogP contribution in [0.3, 0.4) is 0 Å². The van der Waals surface area contributed by atoms with E-state index in [1.807, 2.05) is 0 Å². The number of sulfonamides is 1. The molecule has 1 aromatic carbocycles. The van der Waals surface area contributed by atoms with Gasteiger partial charge in [-0.3, -0.25) is 0 Å². The number of nitrogens with zero attached hydrogens (tertiary/aromatic N) is 3. The Morgan fingerprint density at radius 2 is 1.96 bits per heavy atom. The van der Waals surface area contributed by atoms with Crippen LogP contribution in [-0.2, 0) is 10.0 Å². The minimum Gasteiger partial charge on any atom is -0.480 e. The Kier molecular flexibility index (Phi) is 4.63. The van der Waals surface area contributed by atoms with Gasteiger partial charge in [0.15, 0.2) is 0 Å². The highest BCUT2D eigenvalue weighted by molar-refractivity contribution is 7.89. The topological polar surface area (TPSA) is 81.6 Å². The molecule has 0 aliphatic carbocycles. The van der Waals surface area contributed by atoms with Crippen molar-refractivity contribution in [1.82, 2.24) is 14.5 Å². The van der Waals surface area contributed by atoms with Crippen LogP contribution in [0, 0.1) is 5.82 Å². The summed E-state index contributed by atoms with van der Waals surface area (Å²) >= 11 is 0. The predicted molar refractivity (Wildman–Crippen MR) is 82.8 cm³/mol. The van der Waals surface area contributed by atoms with Crippen molar-refractivity contribution < 1.29 is 22.3 Å². The summed E-state index contributed by atoms with van der Waals surface area (Å²) in [6, 6.07) is 8.19. The van der Waals surface area contributed by atoms with Gasteiger partial charge in [-0.15, -0.1) is 10.2 Å². The summed E-state index contributed by atoms with van der Waals surface area (Å²) in [6.07, 6.45) is 0.179. The average Bonchev–Trinajstić information content (AvgIpc) is 3.05. The summed E-state index contributed by atoms with van der Waals surface area (Å²) in [6.45, 7) is 0.472. The Morgan fingerprint density at radius 1 is 1.21 bits per heavy atom. The summed E-state index contributed by atoms with van der Waals surface area (Å²) in [5.74, 6) is 0.0754. The lowest BCUT2D eigenvalue weighted by molar-refractivity contribution is 0.203. The molecule has 0 bridgehead atoms. The Morgan fingerprint density at radius 3 is 2.62 bits per heavy atom. The maximum absolute atomic E-state index is 13.3. The molecular formula is C15H16FN3O4S. The second-order valence-corrected chi connectivity index (χ2v) is 7.20. The summed E-state index contributed by atoms with van der Waals surface area (Å²) < 4.78 is 50.2.